The van der Waals surface area contributed by atoms with Gasteiger partial charge in [0.2, 0.25) is 5.71 Å². The second-order valence-electron chi connectivity index (χ2n) is 8.63. The number of nitrogens with zero attached hydrogens (tertiary/aromatic N) is 4. The molecule has 5 aromatic rings. The Morgan fingerprint density at radius 2 is 1.73 bits per heavy atom. The predicted octanol–water partition coefficient (Wildman–Crippen LogP) is 6.71. The zero-order valence-corrected chi connectivity index (χ0v) is 18.3. The van der Waals surface area contributed by atoms with Crippen LogP contribution in [-0.2, 0) is 0 Å². The number of aryl methyl sites for hydroxylation is 2. The van der Waals surface area contributed by atoms with Crippen molar-refractivity contribution in [3.8, 4) is 11.4 Å². The summed E-state index contributed by atoms with van der Waals surface area (Å²) < 4.78 is 8.66. The third-order valence-electron chi connectivity index (χ3n) is 5.82. The molecule has 0 aliphatic carbocycles. The lowest BCUT2D eigenvalue weighted by atomic mass is 9.95. The van der Waals surface area contributed by atoms with E-state index in [9.17, 15) is 0 Å². The molecule has 0 atom stereocenters. The highest BCUT2D eigenvalue weighted by Crippen LogP contribution is 2.41. The largest absolute Gasteiger partial charge is 0.437 e. The molecule has 5 rings (SSSR count). The van der Waals surface area contributed by atoms with Gasteiger partial charge in [0.15, 0.2) is 0 Å². The number of furan rings is 1. The van der Waals surface area contributed by atoms with Gasteiger partial charge in [-0.15, -0.1) is 0 Å². The molecular formula is C25H26N4O. The summed E-state index contributed by atoms with van der Waals surface area (Å²) in [5, 5.41) is 2.20. The fraction of sp³-hybridized carbons (Fsp3) is 0.320. The van der Waals surface area contributed by atoms with Crippen molar-refractivity contribution in [2.45, 2.75) is 53.5 Å². The first kappa shape index (κ1) is 18.8. The van der Waals surface area contributed by atoms with Gasteiger partial charge in [0.1, 0.15) is 11.4 Å². The molecular weight excluding hydrogens is 372 g/mol. The van der Waals surface area contributed by atoms with Crippen molar-refractivity contribution in [3.05, 3.63) is 53.5 Å². The Morgan fingerprint density at radius 3 is 2.47 bits per heavy atom. The lowest BCUT2D eigenvalue weighted by Gasteiger charge is -2.15. The second-order valence-corrected chi connectivity index (χ2v) is 8.63. The van der Waals surface area contributed by atoms with Gasteiger partial charge in [0.25, 0.3) is 0 Å². The average molecular weight is 399 g/mol. The van der Waals surface area contributed by atoms with Gasteiger partial charge in [-0.3, -0.25) is 4.98 Å². The molecule has 0 saturated carbocycles. The van der Waals surface area contributed by atoms with Crippen molar-refractivity contribution >= 4 is 33.1 Å². The number of hydrogen-bond donors (Lipinski definition) is 0. The van der Waals surface area contributed by atoms with Crippen molar-refractivity contribution < 1.29 is 4.42 Å². The van der Waals surface area contributed by atoms with E-state index in [4.69, 9.17) is 9.40 Å². The maximum absolute atomic E-state index is 6.39. The standard InChI is InChI=1S/C25H26N4O/c1-13(2)17-9-10-19(23-21(17)18-8-7-15(5)27-25(18)30-23)24-28-20-11-12-26-16(6)22(20)29(24)14(3)4/h7-14H,1-6H3. The van der Waals surface area contributed by atoms with Gasteiger partial charge >= 0.3 is 0 Å². The zero-order valence-electron chi connectivity index (χ0n) is 18.3. The first-order valence-corrected chi connectivity index (χ1v) is 10.5. The number of benzene rings is 1. The van der Waals surface area contributed by atoms with Gasteiger partial charge in [-0.2, -0.15) is 0 Å². The van der Waals surface area contributed by atoms with Crippen molar-refractivity contribution in [1.82, 2.24) is 19.5 Å². The Balaban J connectivity index is 1.93. The normalized spacial score (nSPS) is 12.3. The van der Waals surface area contributed by atoms with Crippen LogP contribution in [0.3, 0.4) is 0 Å². The van der Waals surface area contributed by atoms with Crippen LogP contribution in [0, 0.1) is 13.8 Å². The van der Waals surface area contributed by atoms with Crippen molar-refractivity contribution in [3.63, 3.8) is 0 Å². The van der Waals surface area contributed by atoms with Crippen LogP contribution in [0.25, 0.3) is 44.5 Å². The van der Waals surface area contributed by atoms with Crippen LogP contribution in [0.5, 0.6) is 0 Å². The highest BCUT2D eigenvalue weighted by Gasteiger charge is 2.23. The van der Waals surface area contributed by atoms with E-state index in [1.165, 1.54) is 5.56 Å². The van der Waals surface area contributed by atoms with Crippen LogP contribution >= 0.6 is 0 Å². The number of rotatable bonds is 3. The van der Waals surface area contributed by atoms with E-state index in [0.717, 1.165) is 50.2 Å². The predicted molar refractivity (Wildman–Crippen MR) is 122 cm³/mol. The van der Waals surface area contributed by atoms with Gasteiger partial charge in [-0.1, -0.05) is 19.9 Å². The monoisotopic (exact) mass is 398 g/mol. The third kappa shape index (κ3) is 2.65. The molecule has 30 heavy (non-hydrogen) atoms. The highest BCUT2D eigenvalue weighted by molar-refractivity contribution is 6.10. The molecule has 152 valence electrons. The van der Waals surface area contributed by atoms with E-state index in [1.807, 2.05) is 32.2 Å². The molecule has 5 heteroatoms. The summed E-state index contributed by atoms with van der Waals surface area (Å²) in [6, 6.07) is 10.7. The Kier molecular flexibility index (Phi) is 4.17. The zero-order chi connectivity index (χ0) is 21.2. The average Bonchev–Trinajstić information content (AvgIpc) is 3.26. The summed E-state index contributed by atoms with van der Waals surface area (Å²) in [4.78, 5) is 14.2. The van der Waals surface area contributed by atoms with Crippen LogP contribution in [0.15, 0.2) is 40.9 Å². The van der Waals surface area contributed by atoms with Crippen molar-refractivity contribution in [2.75, 3.05) is 0 Å². The maximum Gasteiger partial charge on any atom is 0.227 e. The first-order valence-electron chi connectivity index (χ1n) is 10.5. The number of fused-ring (bicyclic) bond motifs is 4. The Bertz CT molecular complexity index is 1420. The molecule has 4 heterocycles. The van der Waals surface area contributed by atoms with Crippen LogP contribution in [0.1, 0.15) is 56.6 Å². The molecule has 0 spiro atoms. The fourth-order valence-electron chi connectivity index (χ4n) is 4.44. The molecule has 0 radical (unpaired) electrons. The molecule has 4 aromatic heterocycles. The minimum Gasteiger partial charge on any atom is -0.437 e. The minimum atomic E-state index is 0.234. The summed E-state index contributed by atoms with van der Waals surface area (Å²) >= 11 is 0. The van der Waals surface area contributed by atoms with Crippen LogP contribution in [-0.4, -0.2) is 19.5 Å². The number of hydrogen-bond acceptors (Lipinski definition) is 4. The quantitative estimate of drug-likeness (QED) is 0.339. The number of imidazole rings is 1. The van der Waals surface area contributed by atoms with Gasteiger partial charge in [0.05, 0.1) is 22.3 Å². The SMILES string of the molecule is Cc1ccc2c(n1)oc1c(-c3nc4ccnc(C)c4n3C(C)C)ccc(C(C)C)c12. The molecule has 0 saturated heterocycles. The lowest BCUT2D eigenvalue weighted by molar-refractivity contribution is 0.619. The van der Waals surface area contributed by atoms with Crippen molar-refractivity contribution in [2.24, 2.45) is 0 Å². The maximum atomic E-state index is 6.39. The second kappa shape index (κ2) is 6.66. The van der Waals surface area contributed by atoms with E-state index in [2.05, 4.69) is 60.4 Å². The topological polar surface area (TPSA) is 56.7 Å². The summed E-state index contributed by atoms with van der Waals surface area (Å²) in [6.45, 7) is 12.8. The van der Waals surface area contributed by atoms with Crippen molar-refractivity contribution in [1.29, 1.82) is 0 Å². The molecule has 0 unspecified atom stereocenters. The smallest absolute Gasteiger partial charge is 0.227 e. The fourth-order valence-corrected chi connectivity index (χ4v) is 4.44. The van der Waals surface area contributed by atoms with Gasteiger partial charge in [-0.05, 0) is 63.4 Å². The third-order valence-corrected chi connectivity index (χ3v) is 5.82. The van der Waals surface area contributed by atoms with E-state index in [-0.39, 0.29) is 6.04 Å². The molecule has 0 aliphatic heterocycles. The summed E-state index contributed by atoms with van der Waals surface area (Å²) in [5.74, 6) is 1.28. The first-order chi connectivity index (χ1) is 14.4. The van der Waals surface area contributed by atoms with E-state index >= 15 is 0 Å². The minimum absolute atomic E-state index is 0.234. The molecule has 0 N–H and O–H groups in total. The highest BCUT2D eigenvalue weighted by atomic mass is 16.3. The van der Waals surface area contributed by atoms with Crippen LogP contribution in [0.4, 0.5) is 0 Å². The molecule has 0 amide bonds. The Labute approximate surface area is 175 Å². The Hall–Kier alpha value is -3.21. The van der Waals surface area contributed by atoms with Gasteiger partial charge in [-0.25, -0.2) is 9.97 Å². The lowest BCUT2D eigenvalue weighted by Crippen LogP contribution is -2.05. The molecule has 0 fully saturated rings. The van der Waals surface area contributed by atoms with Crippen LogP contribution in [0.2, 0.25) is 0 Å². The van der Waals surface area contributed by atoms with Gasteiger partial charge < -0.3 is 8.98 Å². The van der Waals surface area contributed by atoms with E-state index < -0.39 is 0 Å². The summed E-state index contributed by atoms with van der Waals surface area (Å²) in [7, 11) is 0. The number of aromatic nitrogens is 4. The molecule has 0 bridgehead atoms. The van der Waals surface area contributed by atoms with Crippen LogP contribution < -0.4 is 0 Å². The molecule has 0 aliphatic rings. The number of pyridine rings is 2. The summed E-state index contributed by atoms with van der Waals surface area (Å²) in [5.41, 5.74) is 7.77. The Morgan fingerprint density at radius 1 is 0.933 bits per heavy atom. The van der Waals surface area contributed by atoms with Gasteiger partial charge in [0, 0.05) is 28.7 Å². The molecule has 5 nitrogen and oxygen atoms in total. The summed E-state index contributed by atoms with van der Waals surface area (Å²) in [6.07, 6.45) is 1.82. The molecule has 1 aromatic carbocycles. The van der Waals surface area contributed by atoms with E-state index in [0.29, 0.717) is 11.6 Å². The van der Waals surface area contributed by atoms with E-state index in [1.54, 1.807) is 0 Å².